The van der Waals surface area contributed by atoms with Crippen molar-refractivity contribution in [3.63, 3.8) is 0 Å². The third kappa shape index (κ3) is 2.99. The molecule has 5 aromatic carbocycles. The van der Waals surface area contributed by atoms with E-state index in [0.717, 1.165) is 11.2 Å². The number of pyridine rings is 1. The van der Waals surface area contributed by atoms with E-state index in [9.17, 15) is 0 Å². The molecule has 3 aromatic heterocycles. The predicted octanol–water partition coefficient (Wildman–Crippen LogP) is 8.94. The number of benzene rings is 5. The topological polar surface area (TPSA) is 22.8 Å². The molecule has 178 valence electrons. The van der Waals surface area contributed by atoms with Crippen LogP contribution in [0.1, 0.15) is 0 Å². The van der Waals surface area contributed by atoms with Crippen LogP contribution < -0.4 is 0 Å². The van der Waals surface area contributed by atoms with E-state index in [0.29, 0.717) is 0 Å². The number of nitrogens with zero attached hydrogens (tertiary/aromatic N) is 3. The van der Waals surface area contributed by atoms with Gasteiger partial charge in [-0.2, -0.15) is 0 Å². The largest absolute Gasteiger partial charge is 0.309 e. The van der Waals surface area contributed by atoms with Crippen LogP contribution >= 0.6 is 0 Å². The average Bonchev–Trinajstić information content (AvgIpc) is 3.51. The summed E-state index contributed by atoms with van der Waals surface area (Å²) in [6, 6.07) is 45.5. The minimum atomic E-state index is 1.11. The molecule has 0 aliphatic carbocycles. The van der Waals surface area contributed by atoms with E-state index in [1.807, 2.05) is 12.4 Å². The van der Waals surface area contributed by atoms with Gasteiger partial charge in [-0.1, -0.05) is 78.9 Å². The highest BCUT2D eigenvalue weighted by molar-refractivity contribution is 6.15. The van der Waals surface area contributed by atoms with Crippen molar-refractivity contribution in [2.45, 2.75) is 0 Å². The summed E-state index contributed by atoms with van der Waals surface area (Å²) in [5.41, 5.74) is 9.47. The molecule has 0 radical (unpaired) electrons. The van der Waals surface area contributed by atoms with Gasteiger partial charge >= 0.3 is 0 Å². The lowest BCUT2D eigenvalue weighted by molar-refractivity contribution is 1.17. The zero-order chi connectivity index (χ0) is 25.1. The molecule has 0 unspecified atom stereocenters. The maximum absolute atomic E-state index is 4.46. The van der Waals surface area contributed by atoms with Gasteiger partial charge in [0.1, 0.15) is 0 Å². The van der Waals surface area contributed by atoms with Crippen LogP contribution in [0.25, 0.3) is 66.1 Å². The second-order valence-electron chi connectivity index (χ2n) is 9.69. The molecule has 8 aromatic rings. The van der Waals surface area contributed by atoms with Crippen LogP contribution in [0, 0.1) is 0 Å². The van der Waals surface area contributed by atoms with E-state index in [4.69, 9.17) is 0 Å². The van der Waals surface area contributed by atoms with Crippen LogP contribution in [-0.2, 0) is 0 Å². The summed E-state index contributed by atoms with van der Waals surface area (Å²) in [5, 5.41) is 4.96. The van der Waals surface area contributed by atoms with E-state index in [1.165, 1.54) is 54.9 Å². The summed E-state index contributed by atoms with van der Waals surface area (Å²) in [5.74, 6) is 0. The number of aromatic nitrogens is 3. The van der Waals surface area contributed by atoms with Crippen LogP contribution in [0.2, 0.25) is 0 Å². The van der Waals surface area contributed by atoms with Crippen molar-refractivity contribution in [3.05, 3.63) is 140 Å². The maximum atomic E-state index is 4.46. The molecule has 0 atom stereocenters. The van der Waals surface area contributed by atoms with Crippen LogP contribution in [0.5, 0.6) is 0 Å². The zero-order valence-electron chi connectivity index (χ0n) is 20.6. The first-order valence-electron chi connectivity index (χ1n) is 12.9. The van der Waals surface area contributed by atoms with Gasteiger partial charge in [0.2, 0.25) is 0 Å². The second-order valence-corrected chi connectivity index (χ2v) is 9.69. The van der Waals surface area contributed by atoms with Crippen molar-refractivity contribution in [2.24, 2.45) is 0 Å². The van der Waals surface area contributed by atoms with Gasteiger partial charge in [-0.25, -0.2) is 0 Å². The summed E-state index contributed by atoms with van der Waals surface area (Å²) < 4.78 is 4.71. The minimum Gasteiger partial charge on any atom is -0.309 e. The van der Waals surface area contributed by atoms with Crippen LogP contribution in [0.15, 0.2) is 140 Å². The van der Waals surface area contributed by atoms with Gasteiger partial charge in [0.15, 0.2) is 0 Å². The third-order valence-electron chi connectivity index (χ3n) is 7.60. The Bertz CT molecular complexity index is 2120. The van der Waals surface area contributed by atoms with E-state index in [2.05, 4.69) is 142 Å². The average molecular weight is 486 g/mol. The van der Waals surface area contributed by atoms with Crippen molar-refractivity contribution in [1.82, 2.24) is 14.1 Å². The molecule has 3 heteroatoms. The Kier molecular flexibility index (Phi) is 4.52. The quantitative estimate of drug-likeness (QED) is 0.245. The molecule has 0 bridgehead atoms. The van der Waals surface area contributed by atoms with Crippen molar-refractivity contribution in [3.8, 4) is 22.5 Å². The fourth-order valence-corrected chi connectivity index (χ4v) is 5.99. The molecular formula is C35H23N3. The third-order valence-corrected chi connectivity index (χ3v) is 7.60. The number of hydrogen-bond donors (Lipinski definition) is 0. The Hall–Kier alpha value is -5.15. The fraction of sp³-hybridized carbons (Fsp3) is 0. The highest BCUT2D eigenvalue weighted by Crippen LogP contribution is 2.40. The van der Waals surface area contributed by atoms with Crippen molar-refractivity contribution < 1.29 is 0 Å². The molecule has 0 aliphatic rings. The molecule has 0 N–H and O–H groups in total. The standard InChI is InChI=1S/C35H23N3/c1-3-10-25(11-4-1)37-33-19-18-24(22-31(33)29-20-21-36-23-34(29)37)27-15-9-16-30-28-14-7-8-17-32(28)38(35(27)30)26-12-5-2-6-13-26/h1-23H. The Morgan fingerprint density at radius 1 is 0.447 bits per heavy atom. The second kappa shape index (κ2) is 8.19. The molecular weight excluding hydrogens is 462 g/mol. The monoisotopic (exact) mass is 485 g/mol. The molecule has 0 aliphatic heterocycles. The first-order valence-corrected chi connectivity index (χ1v) is 12.9. The summed E-state index contributed by atoms with van der Waals surface area (Å²) in [4.78, 5) is 4.46. The molecule has 0 saturated heterocycles. The van der Waals surface area contributed by atoms with Gasteiger partial charge in [-0.3, -0.25) is 4.98 Å². The number of hydrogen-bond acceptors (Lipinski definition) is 1. The molecule has 3 heterocycles. The smallest absolute Gasteiger partial charge is 0.0724 e. The van der Waals surface area contributed by atoms with Gasteiger partial charge in [-0.15, -0.1) is 0 Å². The number of fused-ring (bicyclic) bond motifs is 6. The number of para-hydroxylation sites is 4. The van der Waals surface area contributed by atoms with Crippen molar-refractivity contribution in [1.29, 1.82) is 0 Å². The normalized spacial score (nSPS) is 11.7. The van der Waals surface area contributed by atoms with Gasteiger partial charge in [0.25, 0.3) is 0 Å². The van der Waals surface area contributed by atoms with Gasteiger partial charge in [0, 0.05) is 44.7 Å². The van der Waals surface area contributed by atoms with Gasteiger partial charge in [-0.05, 0) is 54.1 Å². The lowest BCUT2D eigenvalue weighted by atomic mass is 10.00. The Balaban J connectivity index is 1.46. The predicted molar refractivity (Wildman–Crippen MR) is 158 cm³/mol. The Morgan fingerprint density at radius 3 is 1.92 bits per heavy atom. The van der Waals surface area contributed by atoms with E-state index >= 15 is 0 Å². The van der Waals surface area contributed by atoms with Crippen molar-refractivity contribution in [2.75, 3.05) is 0 Å². The molecule has 3 nitrogen and oxygen atoms in total. The summed E-state index contributed by atoms with van der Waals surface area (Å²) in [7, 11) is 0. The molecule has 0 spiro atoms. The zero-order valence-corrected chi connectivity index (χ0v) is 20.6. The maximum Gasteiger partial charge on any atom is 0.0724 e. The van der Waals surface area contributed by atoms with E-state index in [-0.39, 0.29) is 0 Å². The van der Waals surface area contributed by atoms with Gasteiger partial charge in [0.05, 0.1) is 28.3 Å². The highest BCUT2D eigenvalue weighted by Gasteiger charge is 2.18. The van der Waals surface area contributed by atoms with Crippen LogP contribution in [0.3, 0.4) is 0 Å². The highest BCUT2D eigenvalue weighted by atomic mass is 15.0. The molecule has 38 heavy (non-hydrogen) atoms. The number of rotatable bonds is 3. The summed E-state index contributed by atoms with van der Waals surface area (Å²) in [6.45, 7) is 0. The van der Waals surface area contributed by atoms with E-state index < -0.39 is 0 Å². The fourth-order valence-electron chi connectivity index (χ4n) is 5.99. The van der Waals surface area contributed by atoms with Crippen LogP contribution in [-0.4, -0.2) is 14.1 Å². The molecule has 0 saturated carbocycles. The summed E-state index contributed by atoms with van der Waals surface area (Å²) >= 11 is 0. The molecule has 0 amide bonds. The van der Waals surface area contributed by atoms with Crippen LogP contribution in [0.4, 0.5) is 0 Å². The van der Waals surface area contributed by atoms with Crippen molar-refractivity contribution >= 4 is 43.6 Å². The summed E-state index contributed by atoms with van der Waals surface area (Å²) in [6.07, 6.45) is 3.85. The Morgan fingerprint density at radius 2 is 1.11 bits per heavy atom. The van der Waals surface area contributed by atoms with E-state index in [1.54, 1.807) is 0 Å². The minimum absolute atomic E-state index is 1.11. The lowest BCUT2D eigenvalue weighted by Crippen LogP contribution is -1.95. The lowest BCUT2D eigenvalue weighted by Gasteiger charge is -2.12. The van der Waals surface area contributed by atoms with Gasteiger partial charge < -0.3 is 9.13 Å². The molecule has 0 fully saturated rings. The first-order chi connectivity index (χ1) is 18.9. The first kappa shape index (κ1) is 21.0. The Labute approximate surface area is 219 Å². The molecule has 8 rings (SSSR count). The SMILES string of the molecule is c1ccc(-n2c3ccc(-c4cccc5c6ccccc6n(-c6ccccc6)c45)cc3c3ccncc32)cc1.